The Morgan fingerprint density at radius 1 is 1.44 bits per heavy atom. The topological polar surface area (TPSA) is 74.1 Å². The number of anilines is 1. The lowest BCUT2D eigenvalue weighted by Crippen LogP contribution is -2.19. The van der Waals surface area contributed by atoms with Crippen LogP contribution in [0.3, 0.4) is 0 Å². The fourth-order valence-electron chi connectivity index (χ4n) is 1.57. The average molecular weight is 219 g/mol. The molecule has 0 spiro atoms. The SMILES string of the molecule is Cc1noc(C)c1Cn1cc(N)ccc1=O. The van der Waals surface area contributed by atoms with Crippen molar-refractivity contribution in [3.63, 3.8) is 0 Å². The van der Waals surface area contributed by atoms with Crippen LogP contribution in [0.15, 0.2) is 27.6 Å². The van der Waals surface area contributed by atoms with Gasteiger partial charge in [-0.3, -0.25) is 4.79 Å². The molecule has 0 saturated heterocycles. The Labute approximate surface area is 92.5 Å². The van der Waals surface area contributed by atoms with Crippen LogP contribution in [-0.2, 0) is 6.54 Å². The second kappa shape index (κ2) is 3.84. The second-order valence-electron chi connectivity index (χ2n) is 3.73. The Hall–Kier alpha value is -2.04. The summed E-state index contributed by atoms with van der Waals surface area (Å²) in [5, 5.41) is 3.84. The minimum atomic E-state index is -0.0887. The minimum Gasteiger partial charge on any atom is -0.398 e. The fraction of sp³-hybridized carbons (Fsp3) is 0.273. The van der Waals surface area contributed by atoms with E-state index in [1.54, 1.807) is 16.8 Å². The fourth-order valence-corrected chi connectivity index (χ4v) is 1.57. The van der Waals surface area contributed by atoms with Gasteiger partial charge in [0.05, 0.1) is 12.2 Å². The number of aromatic nitrogens is 2. The minimum absolute atomic E-state index is 0.0887. The van der Waals surface area contributed by atoms with Crippen LogP contribution in [0.25, 0.3) is 0 Å². The molecule has 16 heavy (non-hydrogen) atoms. The molecular weight excluding hydrogens is 206 g/mol. The van der Waals surface area contributed by atoms with E-state index in [0.29, 0.717) is 12.2 Å². The molecule has 2 N–H and O–H groups in total. The number of hydrogen-bond donors (Lipinski definition) is 1. The molecule has 0 aliphatic rings. The zero-order valence-corrected chi connectivity index (χ0v) is 9.23. The van der Waals surface area contributed by atoms with Gasteiger partial charge in [-0.05, 0) is 19.9 Å². The van der Waals surface area contributed by atoms with Crippen molar-refractivity contribution in [2.75, 3.05) is 5.73 Å². The highest BCUT2D eigenvalue weighted by atomic mass is 16.5. The predicted octanol–water partition coefficient (Wildman–Crippen LogP) is 1.08. The third-order valence-electron chi connectivity index (χ3n) is 2.52. The zero-order chi connectivity index (χ0) is 11.7. The molecule has 0 atom stereocenters. The molecule has 2 rings (SSSR count). The highest BCUT2D eigenvalue weighted by Crippen LogP contribution is 2.13. The highest BCUT2D eigenvalue weighted by Gasteiger charge is 2.09. The first-order valence-corrected chi connectivity index (χ1v) is 4.95. The Kier molecular flexibility index (Phi) is 2.52. The summed E-state index contributed by atoms with van der Waals surface area (Å²) in [4.78, 5) is 11.6. The molecule has 2 aromatic heterocycles. The van der Waals surface area contributed by atoms with Gasteiger partial charge >= 0.3 is 0 Å². The summed E-state index contributed by atoms with van der Waals surface area (Å²) in [6.07, 6.45) is 1.62. The summed E-state index contributed by atoms with van der Waals surface area (Å²) in [7, 11) is 0. The Bertz CT molecular complexity index is 549. The first-order valence-electron chi connectivity index (χ1n) is 4.95. The van der Waals surface area contributed by atoms with Gasteiger partial charge in [0.25, 0.3) is 5.56 Å². The van der Waals surface area contributed by atoms with E-state index in [-0.39, 0.29) is 5.56 Å². The monoisotopic (exact) mass is 219 g/mol. The van der Waals surface area contributed by atoms with Gasteiger partial charge in [0.1, 0.15) is 5.76 Å². The van der Waals surface area contributed by atoms with Gasteiger partial charge in [0, 0.05) is 23.5 Å². The zero-order valence-electron chi connectivity index (χ0n) is 9.23. The van der Waals surface area contributed by atoms with Crippen LogP contribution in [0.1, 0.15) is 17.0 Å². The van der Waals surface area contributed by atoms with Gasteiger partial charge in [-0.15, -0.1) is 0 Å². The number of hydrogen-bond acceptors (Lipinski definition) is 4. The first-order chi connectivity index (χ1) is 7.58. The van der Waals surface area contributed by atoms with Crippen molar-refractivity contribution in [1.29, 1.82) is 0 Å². The summed E-state index contributed by atoms with van der Waals surface area (Å²) in [6.45, 7) is 4.11. The maximum absolute atomic E-state index is 11.6. The maximum Gasteiger partial charge on any atom is 0.250 e. The van der Waals surface area contributed by atoms with Crippen LogP contribution in [-0.4, -0.2) is 9.72 Å². The van der Waals surface area contributed by atoms with Gasteiger partial charge in [-0.2, -0.15) is 0 Å². The molecule has 0 radical (unpaired) electrons. The van der Waals surface area contributed by atoms with Crippen LogP contribution < -0.4 is 11.3 Å². The average Bonchev–Trinajstić information content (AvgIpc) is 2.55. The van der Waals surface area contributed by atoms with Crippen molar-refractivity contribution in [3.8, 4) is 0 Å². The van der Waals surface area contributed by atoms with Gasteiger partial charge < -0.3 is 14.8 Å². The van der Waals surface area contributed by atoms with E-state index in [0.717, 1.165) is 17.0 Å². The molecule has 0 bridgehead atoms. The maximum atomic E-state index is 11.6. The van der Waals surface area contributed by atoms with E-state index in [9.17, 15) is 4.79 Å². The van der Waals surface area contributed by atoms with E-state index in [1.807, 2.05) is 13.8 Å². The molecule has 0 saturated carbocycles. The van der Waals surface area contributed by atoms with Crippen molar-refractivity contribution in [2.24, 2.45) is 0 Å². The molecule has 0 amide bonds. The van der Waals surface area contributed by atoms with Crippen LogP contribution in [0.2, 0.25) is 0 Å². The van der Waals surface area contributed by atoms with Gasteiger partial charge in [0.2, 0.25) is 0 Å². The third-order valence-corrected chi connectivity index (χ3v) is 2.52. The molecule has 0 aliphatic heterocycles. The van der Waals surface area contributed by atoms with Crippen molar-refractivity contribution >= 4 is 5.69 Å². The molecule has 84 valence electrons. The number of nitrogens with zero attached hydrogens (tertiary/aromatic N) is 2. The van der Waals surface area contributed by atoms with E-state index in [1.165, 1.54) is 6.07 Å². The standard InChI is InChI=1S/C11H13N3O2/c1-7-10(8(2)16-13-7)6-14-5-9(12)3-4-11(14)15/h3-5H,6,12H2,1-2H3. The van der Waals surface area contributed by atoms with Gasteiger partial charge in [-0.25, -0.2) is 0 Å². The largest absolute Gasteiger partial charge is 0.398 e. The van der Waals surface area contributed by atoms with Gasteiger partial charge in [0.15, 0.2) is 0 Å². The molecule has 0 fully saturated rings. The van der Waals surface area contributed by atoms with Crippen molar-refractivity contribution in [3.05, 3.63) is 45.7 Å². The van der Waals surface area contributed by atoms with Crippen LogP contribution in [0, 0.1) is 13.8 Å². The van der Waals surface area contributed by atoms with Crippen molar-refractivity contribution in [2.45, 2.75) is 20.4 Å². The van der Waals surface area contributed by atoms with E-state index in [4.69, 9.17) is 10.3 Å². The van der Waals surface area contributed by atoms with Gasteiger partial charge in [-0.1, -0.05) is 5.16 Å². The lowest BCUT2D eigenvalue weighted by molar-refractivity contribution is 0.392. The Balaban J connectivity index is 2.41. The third kappa shape index (κ3) is 1.84. The summed E-state index contributed by atoms with van der Waals surface area (Å²) in [6, 6.07) is 3.04. The van der Waals surface area contributed by atoms with Crippen molar-refractivity contribution < 1.29 is 4.52 Å². The number of rotatable bonds is 2. The Morgan fingerprint density at radius 2 is 2.19 bits per heavy atom. The smallest absolute Gasteiger partial charge is 0.250 e. The highest BCUT2D eigenvalue weighted by molar-refractivity contribution is 5.34. The first kappa shape index (κ1) is 10.5. The van der Waals surface area contributed by atoms with E-state index in [2.05, 4.69) is 5.16 Å². The molecule has 0 aromatic carbocycles. The van der Waals surface area contributed by atoms with E-state index >= 15 is 0 Å². The molecule has 2 aromatic rings. The lowest BCUT2D eigenvalue weighted by atomic mass is 10.2. The summed E-state index contributed by atoms with van der Waals surface area (Å²) < 4.78 is 6.58. The molecular formula is C11H13N3O2. The number of nitrogens with two attached hydrogens (primary N) is 1. The van der Waals surface area contributed by atoms with Crippen LogP contribution in [0.4, 0.5) is 5.69 Å². The van der Waals surface area contributed by atoms with Crippen molar-refractivity contribution in [1.82, 2.24) is 9.72 Å². The van der Waals surface area contributed by atoms with E-state index < -0.39 is 0 Å². The summed E-state index contributed by atoms with van der Waals surface area (Å²) in [5.41, 5.74) is 7.83. The number of pyridine rings is 1. The molecule has 2 heterocycles. The molecule has 0 unspecified atom stereocenters. The summed E-state index contributed by atoms with van der Waals surface area (Å²) >= 11 is 0. The van der Waals surface area contributed by atoms with Crippen LogP contribution in [0.5, 0.6) is 0 Å². The predicted molar refractivity (Wildman–Crippen MR) is 60.2 cm³/mol. The Morgan fingerprint density at radius 3 is 2.81 bits per heavy atom. The quantitative estimate of drug-likeness (QED) is 0.820. The van der Waals surface area contributed by atoms with Crippen LogP contribution >= 0.6 is 0 Å². The number of nitrogen functional groups attached to an aromatic ring is 1. The summed E-state index contributed by atoms with van der Waals surface area (Å²) in [5.74, 6) is 0.729. The lowest BCUT2D eigenvalue weighted by Gasteiger charge is -2.05. The second-order valence-corrected chi connectivity index (χ2v) is 3.73. The molecule has 5 heteroatoms. The number of aryl methyl sites for hydroxylation is 2. The molecule has 0 aliphatic carbocycles. The molecule has 5 nitrogen and oxygen atoms in total. The normalized spacial score (nSPS) is 10.6.